The Bertz CT molecular complexity index is 975. The number of nitrogens with zero attached hydrogens (tertiary/aromatic N) is 3. The monoisotopic (exact) mass is 404 g/mol. The number of carbonyl (C=O) groups excluding carboxylic acids is 1. The van der Waals surface area contributed by atoms with Gasteiger partial charge in [0, 0.05) is 36.8 Å². The number of hydrogen-bond donors (Lipinski definition) is 1. The number of hydrogen-bond acceptors (Lipinski definition) is 6. The lowest BCUT2D eigenvalue weighted by atomic mass is 9.98. The quantitative estimate of drug-likeness (QED) is 0.632. The summed E-state index contributed by atoms with van der Waals surface area (Å²) in [5.41, 5.74) is 1.44. The Morgan fingerprint density at radius 3 is 2.70 bits per heavy atom. The van der Waals surface area contributed by atoms with E-state index in [9.17, 15) is 4.79 Å². The van der Waals surface area contributed by atoms with Gasteiger partial charge in [-0.2, -0.15) is 0 Å². The van der Waals surface area contributed by atoms with Crippen LogP contribution in [0.1, 0.15) is 48.0 Å². The number of aromatic nitrogens is 3. The minimum atomic E-state index is -0.189. The SMILES string of the molecule is O=C(NCc1ccnc(OC2CCCCC2)c1)c1cccc(Oc2cnccn2)c1. The first-order chi connectivity index (χ1) is 14.8. The molecule has 0 saturated heterocycles. The van der Waals surface area contributed by atoms with Crippen LogP contribution in [0.2, 0.25) is 0 Å². The van der Waals surface area contributed by atoms with E-state index < -0.39 is 0 Å². The van der Waals surface area contributed by atoms with Crippen molar-refractivity contribution in [3.63, 3.8) is 0 Å². The van der Waals surface area contributed by atoms with Gasteiger partial charge in [0.25, 0.3) is 5.91 Å². The molecule has 4 rings (SSSR count). The molecule has 30 heavy (non-hydrogen) atoms. The van der Waals surface area contributed by atoms with Crippen LogP contribution >= 0.6 is 0 Å². The smallest absolute Gasteiger partial charge is 0.251 e. The first-order valence-corrected chi connectivity index (χ1v) is 10.2. The fraction of sp³-hybridized carbons (Fsp3) is 0.304. The van der Waals surface area contributed by atoms with Crippen molar-refractivity contribution < 1.29 is 14.3 Å². The number of nitrogens with one attached hydrogen (secondary N) is 1. The zero-order valence-corrected chi connectivity index (χ0v) is 16.7. The summed E-state index contributed by atoms with van der Waals surface area (Å²) < 4.78 is 11.6. The molecule has 1 saturated carbocycles. The van der Waals surface area contributed by atoms with Gasteiger partial charge in [0.15, 0.2) is 0 Å². The molecule has 1 aliphatic carbocycles. The Hall–Kier alpha value is -3.48. The molecule has 7 heteroatoms. The van der Waals surface area contributed by atoms with Crippen LogP contribution in [0.25, 0.3) is 0 Å². The molecular formula is C23H24N4O3. The average Bonchev–Trinajstić information content (AvgIpc) is 2.79. The molecule has 3 aromatic rings. The molecule has 0 bridgehead atoms. The van der Waals surface area contributed by atoms with E-state index in [0.717, 1.165) is 18.4 Å². The van der Waals surface area contributed by atoms with Crippen molar-refractivity contribution in [1.82, 2.24) is 20.3 Å². The third-order valence-corrected chi connectivity index (χ3v) is 4.95. The second-order valence-corrected chi connectivity index (χ2v) is 7.24. The van der Waals surface area contributed by atoms with Crippen LogP contribution in [0.15, 0.2) is 61.2 Å². The summed E-state index contributed by atoms with van der Waals surface area (Å²) in [6.07, 6.45) is 12.5. The van der Waals surface area contributed by atoms with Crippen LogP contribution in [-0.4, -0.2) is 27.0 Å². The van der Waals surface area contributed by atoms with E-state index in [0.29, 0.717) is 29.6 Å². The van der Waals surface area contributed by atoms with Crippen LogP contribution < -0.4 is 14.8 Å². The van der Waals surface area contributed by atoms with Crippen molar-refractivity contribution in [2.75, 3.05) is 0 Å². The number of benzene rings is 1. The van der Waals surface area contributed by atoms with Gasteiger partial charge < -0.3 is 14.8 Å². The molecule has 7 nitrogen and oxygen atoms in total. The molecule has 1 aliphatic rings. The standard InChI is InChI=1S/C23H24N4O3/c28-23(18-5-4-8-20(14-18)30-22-16-24-11-12-26-22)27-15-17-9-10-25-21(13-17)29-19-6-2-1-3-7-19/h4-5,8-14,16,19H,1-3,6-7,15H2,(H,27,28). The Kier molecular flexibility index (Phi) is 6.49. The van der Waals surface area contributed by atoms with Crippen molar-refractivity contribution in [2.45, 2.75) is 44.8 Å². The maximum absolute atomic E-state index is 12.6. The summed E-state index contributed by atoms with van der Waals surface area (Å²) in [6, 6.07) is 10.7. The van der Waals surface area contributed by atoms with E-state index in [4.69, 9.17) is 9.47 Å². The molecular weight excluding hydrogens is 380 g/mol. The van der Waals surface area contributed by atoms with E-state index >= 15 is 0 Å². The molecule has 1 aromatic carbocycles. The highest BCUT2D eigenvalue weighted by Crippen LogP contribution is 2.23. The lowest BCUT2D eigenvalue weighted by molar-refractivity contribution is 0.0950. The molecule has 0 spiro atoms. The van der Waals surface area contributed by atoms with Crippen LogP contribution in [-0.2, 0) is 6.54 Å². The van der Waals surface area contributed by atoms with Crippen molar-refractivity contribution in [2.24, 2.45) is 0 Å². The Labute approximate surface area is 175 Å². The molecule has 0 unspecified atom stereocenters. The third-order valence-electron chi connectivity index (χ3n) is 4.95. The highest BCUT2D eigenvalue weighted by molar-refractivity contribution is 5.94. The molecule has 1 N–H and O–H groups in total. The largest absolute Gasteiger partial charge is 0.474 e. The molecule has 0 radical (unpaired) electrons. The van der Waals surface area contributed by atoms with Gasteiger partial charge >= 0.3 is 0 Å². The summed E-state index contributed by atoms with van der Waals surface area (Å²) in [5.74, 6) is 1.33. The normalized spacial score (nSPS) is 14.1. The van der Waals surface area contributed by atoms with Gasteiger partial charge in [-0.3, -0.25) is 9.78 Å². The summed E-state index contributed by atoms with van der Waals surface area (Å²) in [6.45, 7) is 0.387. The van der Waals surface area contributed by atoms with Gasteiger partial charge in [0.2, 0.25) is 11.8 Å². The average molecular weight is 404 g/mol. The summed E-state index contributed by atoms with van der Waals surface area (Å²) >= 11 is 0. The van der Waals surface area contributed by atoms with E-state index in [2.05, 4.69) is 20.3 Å². The zero-order valence-electron chi connectivity index (χ0n) is 16.7. The van der Waals surface area contributed by atoms with E-state index in [1.807, 2.05) is 12.1 Å². The number of ether oxygens (including phenoxy) is 2. The molecule has 154 valence electrons. The lowest BCUT2D eigenvalue weighted by Gasteiger charge is -2.22. The van der Waals surface area contributed by atoms with Crippen molar-refractivity contribution in [3.8, 4) is 17.5 Å². The van der Waals surface area contributed by atoms with Gasteiger partial charge in [-0.1, -0.05) is 12.5 Å². The van der Waals surface area contributed by atoms with Gasteiger partial charge in [-0.05, 0) is 55.5 Å². The van der Waals surface area contributed by atoms with Crippen LogP contribution in [0, 0.1) is 0 Å². The highest BCUT2D eigenvalue weighted by atomic mass is 16.5. The maximum Gasteiger partial charge on any atom is 0.251 e. The Morgan fingerprint density at radius 1 is 1.00 bits per heavy atom. The van der Waals surface area contributed by atoms with E-state index in [-0.39, 0.29) is 12.0 Å². The van der Waals surface area contributed by atoms with Crippen molar-refractivity contribution >= 4 is 5.91 Å². The molecule has 2 aromatic heterocycles. The molecule has 1 amide bonds. The maximum atomic E-state index is 12.6. The summed E-state index contributed by atoms with van der Waals surface area (Å²) in [4.78, 5) is 24.9. The first-order valence-electron chi connectivity index (χ1n) is 10.2. The van der Waals surface area contributed by atoms with Crippen molar-refractivity contribution in [3.05, 3.63) is 72.3 Å². The second kappa shape index (κ2) is 9.82. The fourth-order valence-electron chi connectivity index (χ4n) is 3.42. The highest BCUT2D eigenvalue weighted by Gasteiger charge is 2.15. The number of amides is 1. The topological polar surface area (TPSA) is 86.2 Å². The zero-order chi connectivity index (χ0) is 20.6. The van der Waals surface area contributed by atoms with Crippen LogP contribution in [0.5, 0.6) is 17.5 Å². The summed E-state index contributed by atoms with van der Waals surface area (Å²) in [7, 11) is 0. The second-order valence-electron chi connectivity index (χ2n) is 7.24. The predicted octanol–water partition coefficient (Wildman–Crippen LogP) is 4.31. The van der Waals surface area contributed by atoms with Crippen LogP contribution in [0.4, 0.5) is 0 Å². The molecule has 2 heterocycles. The minimum Gasteiger partial charge on any atom is -0.474 e. The predicted molar refractivity (Wildman–Crippen MR) is 111 cm³/mol. The third kappa shape index (κ3) is 5.53. The molecule has 0 aliphatic heterocycles. The number of rotatable bonds is 7. The van der Waals surface area contributed by atoms with Gasteiger partial charge in [-0.25, -0.2) is 9.97 Å². The molecule has 0 atom stereocenters. The number of pyridine rings is 1. The van der Waals surface area contributed by atoms with Crippen molar-refractivity contribution in [1.29, 1.82) is 0 Å². The molecule has 1 fully saturated rings. The lowest BCUT2D eigenvalue weighted by Crippen LogP contribution is -2.23. The van der Waals surface area contributed by atoms with Crippen LogP contribution in [0.3, 0.4) is 0 Å². The first kappa shape index (κ1) is 19.8. The Balaban J connectivity index is 1.34. The number of carbonyl (C=O) groups is 1. The van der Waals surface area contributed by atoms with E-state index in [1.54, 1.807) is 42.9 Å². The fourth-order valence-corrected chi connectivity index (χ4v) is 3.42. The van der Waals surface area contributed by atoms with E-state index in [1.165, 1.54) is 25.5 Å². The summed E-state index contributed by atoms with van der Waals surface area (Å²) in [5, 5.41) is 2.93. The van der Waals surface area contributed by atoms with Gasteiger partial charge in [-0.15, -0.1) is 0 Å². The van der Waals surface area contributed by atoms with Gasteiger partial charge in [0.05, 0.1) is 6.20 Å². The van der Waals surface area contributed by atoms with Gasteiger partial charge in [0.1, 0.15) is 11.9 Å². The Morgan fingerprint density at radius 2 is 1.87 bits per heavy atom. The minimum absolute atomic E-state index is 0.189.